The van der Waals surface area contributed by atoms with Gasteiger partial charge in [0.1, 0.15) is 5.75 Å². The Morgan fingerprint density at radius 1 is 1.12 bits per heavy atom. The zero-order valence-electron chi connectivity index (χ0n) is 15.2. The molecule has 1 aliphatic rings. The van der Waals surface area contributed by atoms with E-state index in [0.29, 0.717) is 17.9 Å². The summed E-state index contributed by atoms with van der Waals surface area (Å²) in [6.45, 7) is 4.64. The summed E-state index contributed by atoms with van der Waals surface area (Å²) in [5, 5.41) is 2.84. The van der Waals surface area contributed by atoms with Crippen LogP contribution in [0.1, 0.15) is 30.4 Å². The highest BCUT2D eigenvalue weighted by molar-refractivity contribution is 5.97. The number of hydrogen-bond donors (Lipinski definition) is 1. The minimum atomic E-state index is -0.231. The van der Waals surface area contributed by atoms with E-state index in [1.807, 2.05) is 61.2 Å². The van der Waals surface area contributed by atoms with Gasteiger partial charge in [-0.2, -0.15) is 0 Å². The summed E-state index contributed by atoms with van der Waals surface area (Å²) >= 11 is 0. The van der Waals surface area contributed by atoms with Crippen LogP contribution in [0.4, 0.5) is 11.4 Å². The lowest BCUT2D eigenvalue weighted by Gasteiger charge is -2.28. The Morgan fingerprint density at radius 3 is 2.62 bits per heavy atom. The number of anilines is 2. The second kappa shape index (κ2) is 8.04. The molecule has 1 N–H and O–H groups in total. The molecule has 2 aromatic rings. The number of hydrogen-bond acceptors (Lipinski definition) is 3. The van der Waals surface area contributed by atoms with Crippen LogP contribution >= 0.6 is 0 Å². The SMILES string of the molecule is Cc1ccc(OCC(=O)Nc2ccc(C)c(N3CCCCC3=O)c2)cc1. The van der Waals surface area contributed by atoms with E-state index in [1.54, 1.807) is 0 Å². The summed E-state index contributed by atoms with van der Waals surface area (Å²) in [6, 6.07) is 13.2. The predicted molar refractivity (Wildman–Crippen MR) is 103 cm³/mol. The van der Waals surface area contributed by atoms with Gasteiger partial charge in [0.05, 0.1) is 0 Å². The van der Waals surface area contributed by atoms with Gasteiger partial charge in [0.15, 0.2) is 6.61 Å². The van der Waals surface area contributed by atoms with Crippen molar-refractivity contribution in [2.24, 2.45) is 0 Å². The van der Waals surface area contributed by atoms with Gasteiger partial charge in [0, 0.05) is 24.3 Å². The van der Waals surface area contributed by atoms with Crippen molar-refractivity contribution in [3.63, 3.8) is 0 Å². The van der Waals surface area contributed by atoms with Gasteiger partial charge >= 0.3 is 0 Å². The number of nitrogens with zero attached hydrogens (tertiary/aromatic N) is 1. The van der Waals surface area contributed by atoms with Gasteiger partial charge < -0.3 is 15.0 Å². The molecule has 0 spiro atoms. The molecule has 3 rings (SSSR count). The maximum Gasteiger partial charge on any atom is 0.262 e. The molecule has 2 aromatic carbocycles. The van der Waals surface area contributed by atoms with Crippen molar-refractivity contribution in [1.82, 2.24) is 0 Å². The van der Waals surface area contributed by atoms with E-state index < -0.39 is 0 Å². The summed E-state index contributed by atoms with van der Waals surface area (Å²) < 4.78 is 5.51. The number of benzene rings is 2. The van der Waals surface area contributed by atoms with E-state index in [1.165, 1.54) is 0 Å². The molecule has 0 bridgehead atoms. The summed E-state index contributed by atoms with van der Waals surface area (Å²) in [4.78, 5) is 26.2. The van der Waals surface area contributed by atoms with Crippen LogP contribution in [0.15, 0.2) is 42.5 Å². The number of rotatable bonds is 5. The smallest absolute Gasteiger partial charge is 0.262 e. The Hall–Kier alpha value is -2.82. The Bertz CT molecular complexity index is 799. The molecular weight excluding hydrogens is 328 g/mol. The van der Waals surface area contributed by atoms with Gasteiger partial charge in [-0.1, -0.05) is 23.8 Å². The molecule has 0 aromatic heterocycles. The zero-order chi connectivity index (χ0) is 18.5. The summed E-state index contributed by atoms with van der Waals surface area (Å²) in [6.07, 6.45) is 2.54. The van der Waals surface area contributed by atoms with E-state index in [-0.39, 0.29) is 18.4 Å². The fourth-order valence-corrected chi connectivity index (χ4v) is 3.02. The molecule has 0 saturated carbocycles. The topological polar surface area (TPSA) is 58.6 Å². The average molecular weight is 352 g/mol. The second-order valence-corrected chi connectivity index (χ2v) is 6.65. The fourth-order valence-electron chi connectivity index (χ4n) is 3.02. The summed E-state index contributed by atoms with van der Waals surface area (Å²) in [7, 11) is 0. The van der Waals surface area contributed by atoms with E-state index in [4.69, 9.17) is 4.74 Å². The summed E-state index contributed by atoms with van der Waals surface area (Å²) in [5.41, 5.74) is 3.70. The van der Waals surface area contributed by atoms with Crippen molar-refractivity contribution in [2.75, 3.05) is 23.4 Å². The van der Waals surface area contributed by atoms with E-state index in [0.717, 1.165) is 36.2 Å². The molecule has 0 radical (unpaired) electrons. The molecule has 1 fully saturated rings. The third-order valence-corrected chi connectivity index (χ3v) is 4.50. The summed E-state index contributed by atoms with van der Waals surface area (Å²) in [5.74, 6) is 0.574. The highest BCUT2D eigenvalue weighted by atomic mass is 16.5. The molecule has 1 heterocycles. The molecule has 5 nitrogen and oxygen atoms in total. The Kier molecular flexibility index (Phi) is 5.56. The standard InChI is InChI=1S/C21H24N2O3/c1-15-6-10-18(11-7-15)26-14-20(24)22-17-9-8-16(2)19(13-17)23-12-4-3-5-21(23)25/h6-11,13H,3-5,12,14H2,1-2H3,(H,22,24). The molecule has 136 valence electrons. The normalized spacial score (nSPS) is 14.2. The molecule has 0 atom stereocenters. The number of carbonyl (C=O) groups is 2. The van der Waals surface area contributed by atoms with Crippen LogP contribution in [0.2, 0.25) is 0 Å². The van der Waals surface area contributed by atoms with E-state index in [9.17, 15) is 9.59 Å². The first-order valence-corrected chi connectivity index (χ1v) is 8.93. The van der Waals surface area contributed by atoms with Crippen LogP contribution in [-0.2, 0) is 9.59 Å². The fraction of sp³-hybridized carbons (Fsp3) is 0.333. The zero-order valence-corrected chi connectivity index (χ0v) is 15.2. The first-order chi connectivity index (χ1) is 12.5. The van der Waals surface area contributed by atoms with Crippen LogP contribution in [-0.4, -0.2) is 25.0 Å². The quantitative estimate of drug-likeness (QED) is 0.889. The average Bonchev–Trinajstić information content (AvgIpc) is 2.63. The van der Waals surface area contributed by atoms with Gasteiger partial charge in [-0.3, -0.25) is 9.59 Å². The molecule has 1 aliphatic heterocycles. The van der Waals surface area contributed by atoms with Crippen molar-refractivity contribution in [3.05, 3.63) is 53.6 Å². The van der Waals surface area contributed by atoms with E-state index >= 15 is 0 Å². The predicted octanol–water partition coefficient (Wildman–Crippen LogP) is 3.84. The van der Waals surface area contributed by atoms with Crippen LogP contribution < -0.4 is 15.0 Å². The lowest BCUT2D eigenvalue weighted by atomic mass is 10.1. The van der Waals surface area contributed by atoms with Crippen molar-refractivity contribution in [2.45, 2.75) is 33.1 Å². The Labute approximate surface area is 154 Å². The minimum Gasteiger partial charge on any atom is -0.484 e. The lowest BCUT2D eigenvalue weighted by molar-refractivity contribution is -0.119. The van der Waals surface area contributed by atoms with Gasteiger partial charge in [-0.15, -0.1) is 0 Å². The number of nitrogens with one attached hydrogen (secondary N) is 1. The third-order valence-electron chi connectivity index (χ3n) is 4.50. The maximum absolute atomic E-state index is 12.2. The number of amides is 2. The molecular formula is C21H24N2O3. The van der Waals surface area contributed by atoms with Gasteiger partial charge in [0.2, 0.25) is 5.91 Å². The van der Waals surface area contributed by atoms with Gasteiger partial charge in [0.25, 0.3) is 5.91 Å². The van der Waals surface area contributed by atoms with Crippen LogP contribution in [0.3, 0.4) is 0 Å². The number of ether oxygens (including phenoxy) is 1. The van der Waals surface area contributed by atoms with E-state index in [2.05, 4.69) is 5.32 Å². The lowest BCUT2D eigenvalue weighted by Crippen LogP contribution is -2.35. The van der Waals surface area contributed by atoms with Crippen LogP contribution in [0, 0.1) is 13.8 Å². The second-order valence-electron chi connectivity index (χ2n) is 6.65. The van der Waals surface area contributed by atoms with Crippen molar-refractivity contribution >= 4 is 23.2 Å². The van der Waals surface area contributed by atoms with Crippen molar-refractivity contribution < 1.29 is 14.3 Å². The molecule has 0 aliphatic carbocycles. The first-order valence-electron chi connectivity index (χ1n) is 8.93. The monoisotopic (exact) mass is 352 g/mol. The number of carbonyl (C=O) groups excluding carboxylic acids is 2. The molecule has 26 heavy (non-hydrogen) atoms. The van der Waals surface area contributed by atoms with Crippen molar-refractivity contribution in [1.29, 1.82) is 0 Å². The molecule has 1 saturated heterocycles. The first kappa shape index (κ1) is 18.0. The highest BCUT2D eigenvalue weighted by Crippen LogP contribution is 2.27. The third kappa shape index (κ3) is 4.42. The van der Waals surface area contributed by atoms with Crippen LogP contribution in [0.25, 0.3) is 0 Å². The maximum atomic E-state index is 12.2. The minimum absolute atomic E-state index is 0.0606. The molecule has 5 heteroatoms. The van der Waals surface area contributed by atoms with Gasteiger partial charge in [-0.25, -0.2) is 0 Å². The van der Waals surface area contributed by atoms with Crippen molar-refractivity contribution in [3.8, 4) is 5.75 Å². The Morgan fingerprint density at radius 2 is 1.88 bits per heavy atom. The molecule has 0 unspecified atom stereocenters. The Balaban J connectivity index is 1.63. The van der Waals surface area contributed by atoms with Gasteiger partial charge in [-0.05, 0) is 56.5 Å². The molecule has 2 amide bonds. The highest BCUT2D eigenvalue weighted by Gasteiger charge is 2.21. The largest absolute Gasteiger partial charge is 0.484 e. The number of aryl methyl sites for hydroxylation is 2. The number of piperidine rings is 1. The van der Waals surface area contributed by atoms with Crippen LogP contribution in [0.5, 0.6) is 5.75 Å².